The molecular weight excluding hydrogens is 356 g/mol. The number of aliphatic hydroxyl groups excluding tert-OH is 2. The van der Waals surface area contributed by atoms with Gasteiger partial charge in [0.2, 0.25) is 0 Å². The fourth-order valence-corrected chi connectivity index (χ4v) is 7.12. The third-order valence-electron chi connectivity index (χ3n) is 7.55. The summed E-state index contributed by atoms with van der Waals surface area (Å²) in [7, 11) is 0. The Balaban J connectivity index is 2.20. The van der Waals surface area contributed by atoms with Crippen molar-refractivity contribution in [2.45, 2.75) is 103 Å². The molecule has 0 aromatic heterocycles. The van der Waals surface area contributed by atoms with E-state index in [2.05, 4.69) is 55.4 Å². The lowest BCUT2D eigenvalue weighted by Crippen LogP contribution is -2.58. The molecule has 0 radical (unpaired) electrons. The van der Waals surface area contributed by atoms with Crippen molar-refractivity contribution < 1.29 is 10.2 Å². The highest BCUT2D eigenvalue weighted by molar-refractivity contribution is 8.00. The maximum absolute atomic E-state index is 10.8. The van der Waals surface area contributed by atoms with Gasteiger partial charge in [-0.25, -0.2) is 0 Å². The van der Waals surface area contributed by atoms with E-state index >= 15 is 0 Å². The van der Waals surface area contributed by atoms with E-state index in [9.17, 15) is 10.2 Å². The van der Waals surface area contributed by atoms with Crippen molar-refractivity contribution >= 4 is 11.8 Å². The minimum absolute atomic E-state index is 0.0364. The Morgan fingerprint density at radius 2 is 1.00 bits per heavy atom. The number of aliphatic hydroxyl groups is 2. The number of rotatable bonds is 2. The minimum atomic E-state index is -0.438. The standard InChI is InChI=1S/C22H44N2O2S/c1-11-15(9-13(21(3,4)5)19(25)17(11)23)27-16-10-14(22(6,7)8)20(26)18(24)12(16)2/h11-20,25-26H,9-10,23-24H2,1-8H3. The third kappa shape index (κ3) is 4.85. The van der Waals surface area contributed by atoms with Crippen LogP contribution in [0.5, 0.6) is 0 Å². The van der Waals surface area contributed by atoms with Crippen LogP contribution in [-0.2, 0) is 0 Å². The van der Waals surface area contributed by atoms with E-state index in [1.54, 1.807) is 0 Å². The summed E-state index contributed by atoms with van der Waals surface area (Å²) in [6.07, 6.45) is 1.11. The van der Waals surface area contributed by atoms with Gasteiger partial charge in [0.25, 0.3) is 0 Å². The predicted molar refractivity (Wildman–Crippen MR) is 117 cm³/mol. The Kier molecular flexibility index (Phi) is 7.07. The summed E-state index contributed by atoms with van der Waals surface area (Å²) < 4.78 is 0. The topological polar surface area (TPSA) is 92.5 Å². The van der Waals surface area contributed by atoms with Crippen LogP contribution in [-0.4, -0.2) is 45.0 Å². The number of nitrogens with two attached hydrogens (primary N) is 2. The van der Waals surface area contributed by atoms with Crippen molar-refractivity contribution in [3.8, 4) is 0 Å². The van der Waals surface area contributed by atoms with Crippen molar-refractivity contribution in [1.82, 2.24) is 0 Å². The van der Waals surface area contributed by atoms with Crippen molar-refractivity contribution in [3.63, 3.8) is 0 Å². The summed E-state index contributed by atoms with van der Waals surface area (Å²) in [5.41, 5.74) is 13.0. The molecule has 10 atom stereocenters. The van der Waals surface area contributed by atoms with E-state index in [0.29, 0.717) is 10.5 Å². The second-order valence-corrected chi connectivity index (χ2v) is 13.0. The lowest BCUT2D eigenvalue weighted by molar-refractivity contribution is -0.0222. The molecular formula is C22H44N2O2S. The maximum Gasteiger partial charge on any atom is 0.0727 e. The highest BCUT2D eigenvalue weighted by Gasteiger charge is 2.49. The van der Waals surface area contributed by atoms with E-state index in [-0.39, 0.29) is 46.6 Å². The molecule has 2 aliphatic rings. The molecule has 0 heterocycles. The monoisotopic (exact) mass is 400 g/mol. The van der Waals surface area contributed by atoms with Gasteiger partial charge in [-0.3, -0.25) is 0 Å². The molecule has 0 spiro atoms. The van der Waals surface area contributed by atoms with Gasteiger partial charge in [0.15, 0.2) is 0 Å². The van der Waals surface area contributed by atoms with Crippen LogP contribution in [0, 0.1) is 34.5 Å². The molecule has 160 valence electrons. The van der Waals surface area contributed by atoms with Gasteiger partial charge in [0.05, 0.1) is 12.2 Å². The molecule has 2 rings (SSSR count). The third-order valence-corrected chi connectivity index (χ3v) is 9.49. The number of hydrogen-bond acceptors (Lipinski definition) is 5. The van der Waals surface area contributed by atoms with Crippen LogP contribution in [0.4, 0.5) is 0 Å². The second kappa shape index (κ2) is 8.14. The summed E-state index contributed by atoms with van der Waals surface area (Å²) in [5.74, 6) is 0.953. The first-order chi connectivity index (χ1) is 12.2. The molecule has 5 heteroatoms. The van der Waals surface area contributed by atoms with Crippen molar-refractivity contribution in [3.05, 3.63) is 0 Å². The zero-order valence-electron chi connectivity index (χ0n) is 18.6. The summed E-state index contributed by atoms with van der Waals surface area (Å²) in [4.78, 5) is 0. The summed E-state index contributed by atoms with van der Waals surface area (Å²) in [5, 5.41) is 22.4. The average molecular weight is 401 g/mol. The van der Waals surface area contributed by atoms with Gasteiger partial charge >= 0.3 is 0 Å². The molecule has 10 unspecified atom stereocenters. The molecule has 0 bridgehead atoms. The zero-order chi connectivity index (χ0) is 20.9. The van der Waals surface area contributed by atoms with Gasteiger partial charge in [-0.2, -0.15) is 11.8 Å². The maximum atomic E-state index is 10.8. The largest absolute Gasteiger partial charge is 0.391 e. The highest BCUT2D eigenvalue weighted by Crippen LogP contribution is 2.49. The quantitative estimate of drug-likeness (QED) is 0.571. The lowest BCUT2D eigenvalue weighted by atomic mass is 9.66. The molecule has 2 saturated carbocycles. The predicted octanol–water partition coefficient (Wildman–Crippen LogP) is 3.24. The van der Waals surface area contributed by atoms with Crippen LogP contribution in [0.1, 0.15) is 68.2 Å². The van der Waals surface area contributed by atoms with Gasteiger partial charge in [-0.1, -0.05) is 55.4 Å². The second-order valence-electron chi connectivity index (χ2n) is 11.5. The van der Waals surface area contributed by atoms with Gasteiger partial charge in [-0.05, 0) is 47.3 Å². The lowest BCUT2D eigenvalue weighted by Gasteiger charge is -2.51. The van der Waals surface area contributed by atoms with Crippen LogP contribution < -0.4 is 11.5 Å². The van der Waals surface area contributed by atoms with E-state index in [4.69, 9.17) is 11.5 Å². The van der Waals surface area contributed by atoms with Crippen LogP contribution in [0.25, 0.3) is 0 Å². The molecule has 2 aliphatic carbocycles. The first-order valence-corrected chi connectivity index (χ1v) is 11.6. The normalized spacial score (nSPS) is 47.1. The fourth-order valence-electron chi connectivity index (χ4n) is 5.18. The van der Waals surface area contributed by atoms with Crippen LogP contribution >= 0.6 is 11.8 Å². The highest BCUT2D eigenvalue weighted by atomic mass is 32.2. The number of thioether (sulfide) groups is 1. The molecule has 0 saturated heterocycles. The van der Waals surface area contributed by atoms with Crippen molar-refractivity contribution in [2.24, 2.45) is 46.0 Å². The summed E-state index contributed by atoms with van der Waals surface area (Å²) in [6, 6.07) is -0.367. The van der Waals surface area contributed by atoms with Crippen LogP contribution in [0.3, 0.4) is 0 Å². The van der Waals surface area contributed by atoms with Gasteiger partial charge in [-0.15, -0.1) is 0 Å². The molecule has 0 aliphatic heterocycles. The average Bonchev–Trinajstić information content (AvgIpc) is 2.53. The molecule has 0 aromatic carbocycles. The van der Waals surface area contributed by atoms with Crippen LogP contribution in [0.15, 0.2) is 0 Å². The molecule has 0 amide bonds. The van der Waals surface area contributed by atoms with E-state index in [1.165, 1.54) is 0 Å². The minimum Gasteiger partial charge on any atom is -0.391 e. The Morgan fingerprint density at radius 1 is 0.704 bits per heavy atom. The zero-order valence-corrected chi connectivity index (χ0v) is 19.5. The number of hydrogen-bond donors (Lipinski definition) is 4. The Labute approximate surface area is 171 Å². The van der Waals surface area contributed by atoms with E-state index in [0.717, 1.165) is 12.8 Å². The first kappa shape index (κ1) is 23.5. The van der Waals surface area contributed by atoms with Crippen LogP contribution in [0.2, 0.25) is 0 Å². The molecule has 0 aromatic rings. The molecule has 6 N–H and O–H groups in total. The first-order valence-electron chi connectivity index (χ1n) is 10.7. The van der Waals surface area contributed by atoms with Gasteiger partial charge in [0, 0.05) is 22.6 Å². The smallest absolute Gasteiger partial charge is 0.0727 e. The Hall–Kier alpha value is 0.190. The van der Waals surface area contributed by atoms with Gasteiger partial charge in [0.1, 0.15) is 0 Å². The van der Waals surface area contributed by atoms with E-state index < -0.39 is 12.2 Å². The molecule has 2 fully saturated rings. The Bertz CT molecular complexity index is 458. The van der Waals surface area contributed by atoms with Crippen molar-refractivity contribution in [1.29, 1.82) is 0 Å². The van der Waals surface area contributed by atoms with E-state index in [1.807, 2.05) is 11.8 Å². The Morgan fingerprint density at radius 3 is 1.26 bits per heavy atom. The van der Waals surface area contributed by atoms with Gasteiger partial charge < -0.3 is 21.7 Å². The fraction of sp³-hybridized carbons (Fsp3) is 1.00. The summed E-state index contributed by atoms with van der Waals surface area (Å²) >= 11 is 2.03. The summed E-state index contributed by atoms with van der Waals surface area (Å²) in [6.45, 7) is 17.6. The molecule has 27 heavy (non-hydrogen) atoms. The molecule has 4 nitrogen and oxygen atoms in total. The van der Waals surface area contributed by atoms with Crippen molar-refractivity contribution in [2.75, 3.05) is 0 Å². The SMILES string of the molecule is CC1C(SC2CC(C(C)(C)C)C(O)C(N)C2C)CC(C(C)(C)C)C(O)C1N.